The van der Waals surface area contributed by atoms with E-state index in [2.05, 4.69) is 0 Å². The van der Waals surface area contributed by atoms with Gasteiger partial charge in [0.15, 0.2) is 0 Å². The van der Waals surface area contributed by atoms with Crippen LogP contribution in [0.3, 0.4) is 0 Å². The number of benzene rings is 1. The van der Waals surface area contributed by atoms with Gasteiger partial charge in [0, 0.05) is 13.1 Å². The summed E-state index contributed by atoms with van der Waals surface area (Å²) >= 11 is 0. The molecule has 0 radical (unpaired) electrons. The van der Waals surface area contributed by atoms with Gasteiger partial charge in [0.2, 0.25) is 0 Å². The van der Waals surface area contributed by atoms with E-state index in [4.69, 9.17) is 5.11 Å². The second-order valence-corrected chi connectivity index (χ2v) is 4.40. The second-order valence-electron chi connectivity index (χ2n) is 4.40. The third-order valence-electron chi connectivity index (χ3n) is 3.32. The highest BCUT2D eigenvalue weighted by atomic mass is 19.1. The molecule has 1 aliphatic heterocycles. The molecular weight excluding hydrogens is 221 g/mol. The average molecular weight is 237 g/mol. The zero-order chi connectivity index (χ0) is 12.4. The molecule has 0 fully saturated rings. The Kier molecular flexibility index (Phi) is 3.43. The van der Waals surface area contributed by atoms with Gasteiger partial charge in [0.05, 0.1) is 0 Å². The van der Waals surface area contributed by atoms with E-state index < -0.39 is 12.0 Å². The maximum absolute atomic E-state index is 13.1. The first-order chi connectivity index (χ1) is 8.11. The second kappa shape index (κ2) is 4.84. The van der Waals surface area contributed by atoms with Crippen LogP contribution in [0.1, 0.15) is 24.5 Å². The van der Waals surface area contributed by atoms with Gasteiger partial charge >= 0.3 is 5.97 Å². The third kappa shape index (κ3) is 2.47. The van der Waals surface area contributed by atoms with Crippen LogP contribution in [0.5, 0.6) is 0 Å². The normalized spacial score (nSPS) is 17.5. The molecule has 0 amide bonds. The summed E-state index contributed by atoms with van der Waals surface area (Å²) in [6.07, 6.45) is 1.36. The third-order valence-corrected chi connectivity index (χ3v) is 3.32. The number of carbonyl (C=O) groups is 1. The van der Waals surface area contributed by atoms with Gasteiger partial charge < -0.3 is 5.11 Å². The van der Waals surface area contributed by atoms with Crippen molar-refractivity contribution in [1.82, 2.24) is 4.90 Å². The summed E-state index contributed by atoms with van der Waals surface area (Å²) in [7, 11) is 0. The van der Waals surface area contributed by atoms with E-state index in [1.165, 1.54) is 12.1 Å². The number of hydrogen-bond acceptors (Lipinski definition) is 2. The Hall–Kier alpha value is -1.42. The number of aliphatic carboxylic acids is 1. The van der Waals surface area contributed by atoms with Crippen LogP contribution in [-0.4, -0.2) is 28.6 Å². The van der Waals surface area contributed by atoms with Crippen LogP contribution in [0, 0.1) is 5.82 Å². The van der Waals surface area contributed by atoms with Crippen molar-refractivity contribution in [2.75, 3.05) is 6.54 Å². The molecule has 0 aliphatic carbocycles. The van der Waals surface area contributed by atoms with E-state index in [0.717, 1.165) is 24.1 Å². The van der Waals surface area contributed by atoms with Gasteiger partial charge in [-0.05, 0) is 36.1 Å². The lowest BCUT2D eigenvalue weighted by molar-refractivity contribution is -0.143. The number of nitrogens with zero attached hydrogens (tertiary/aromatic N) is 1. The summed E-state index contributed by atoms with van der Waals surface area (Å²) < 4.78 is 13.1. The Bertz CT molecular complexity index is 433. The number of carboxylic acid groups (broad SMARTS) is 1. The van der Waals surface area contributed by atoms with Gasteiger partial charge in [0.25, 0.3) is 0 Å². The van der Waals surface area contributed by atoms with Gasteiger partial charge in [-0.15, -0.1) is 0 Å². The maximum Gasteiger partial charge on any atom is 0.320 e. The van der Waals surface area contributed by atoms with Crippen LogP contribution in [0.15, 0.2) is 18.2 Å². The van der Waals surface area contributed by atoms with Gasteiger partial charge in [-0.2, -0.15) is 0 Å². The van der Waals surface area contributed by atoms with Crippen molar-refractivity contribution >= 4 is 5.97 Å². The summed E-state index contributed by atoms with van der Waals surface area (Å²) in [5.74, 6) is -1.05. The zero-order valence-electron chi connectivity index (χ0n) is 9.82. The zero-order valence-corrected chi connectivity index (χ0v) is 9.82. The molecule has 1 aromatic carbocycles. The number of halogens is 1. The molecule has 1 N–H and O–H groups in total. The molecule has 4 heteroatoms. The summed E-state index contributed by atoms with van der Waals surface area (Å²) in [5, 5.41) is 9.11. The molecule has 1 atom stereocenters. The first-order valence-corrected chi connectivity index (χ1v) is 5.86. The molecule has 1 aromatic rings. The summed E-state index contributed by atoms with van der Waals surface area (Å²) in [6, 6.07) is 4.30. The Labute approximate surface area is 99.9 Å². The molecule has 17 heavy (non-hydrogen) atoms. The SMILES string of the molecule is CCC(C(=O)O)N1CCc2ccc(F)cc2C1. The minimum atomic E-state index is -0.799. The first kappa shape index (κ1) is 12.0. The Morgan fingerprint density at radius 3 is 2.94 bits per heavy atom. The quantitative estimate of drug-likeness (QED) is 0.874. The molecule has 0 saturated carbocycles. The number of rotatable bonds is 3. The summed E-state index contributed by atoms with van der Waals surface area (Å²) in [5.41, 5.74) is 2.04. The minimum Gasteiger partial charge on any atom is -0.480 e. The maximum atomic E-state index is 13.1. The van der Waals surface area contributed by atoms with Crippen molar-refractivity contribution in [3.63, 3.8) is 0 Å². The highest BCUT2D eigenvalue weighted by molar-refractivity contribution is 5.73. The molecule has 2 rings (SSSR count). The molecule has 0 bridgehead atoms. The van der Waals surface area contributed by atoms with Crippen LogP contribution >= 0.6 is 0 Å². The standard InChI is InChI=1S/C13H16FNO2/c1-2-12(13(16)17)15-6-5-9-3-4-11(14)7-10(9)8-15/h3-4,7,12H,2,5-6,8H2,1H3,(H,16,17). The van der Waals surface area contributed by atoms with Gasteiger partial charge in [-0.3, -0.25) is 9.69 Å². The fraction of sp³-hybridized carbons (Fsp3) is 0.462. The summed E-state index contributed by atoms with van der Waals surface area (Å²) in [6.45, 7) is 3.11. The minimum absolute atomic E-state index is 0.256. The predicted molar refractivity (Wildman–Crippen MR) is 62.2 cm³/mol. The van der Waals surface area contributed by atoms with Crippen molar-refractivity contribution < 1.29 is 14.3 Å². The van der Waals surface area contributed by atoms with Crippen molar-refractivity contribution in [2.45, 2.75) is 32.4 Å². The fourth-order valence-electron chi connectivity index (χ4n) is 2.40. The van der Waals surface area contributed by atoms with E-state index in [0.29, 0.717) is 13.0 Å². The molecule has 1 aliphatic rings. The smallest absolute Gasteiger partial charge is 0.320 e. The Balaban J connectivity index is 2.20. The fourth-order valence-corrected chi connectivity index (χ4v) is 2.40. The molecule has 0 saturated heterocycles. The Morgan fingerprint density at radius 2 is 2.29 bits per heavy atom. The monoisotopic (exact) mass is 237 g/mol. The van der Waals surface area contributed by atoms with Gasteiger partial charge in [0.1, 0.15) is 11.9 Å². The van der Waals surface area contributed by atoms with E-state index in [-0.39, 0.29) is 5.82 Å². The van der Waals surface area contributed by atoms with Crippen molar-refractivity contribution in [1.29, 1.82) is 0 Å². The summed E-state index contributed by atoms with van der Waals surface area (Å²) in [4.78, 5) is 13.0. The van der Waals surface area contributed by atoms with E-state index in [1.807, 2.05) is 11.8 Å². The van der Waals surface area contributed by atoms with E-state index >= 15 is 0 Å². The topological polar surface area (TPSA) is 40.5 Å². The largest absolute Gasteiger partial charge is 0.480 e. The number of hydrogen-bond donors (Lipinski definition) is 1. The van der Waals surface area contributed by atoms with Gasteiger partial charge in [-0.25, -0.2) is 4.39 Å². The highest BCUT2D eigenvalue weighted by Crippen LogP contribution is 2.22. The molecule has 1 heterocycles. The lowest BCUT2D eigenvalue weighted by atomic mass is 9.98. The van der Waals surface area contributed by atoms with Gasteiger partial charge in [-0.1, -0.05) is 13.0 Å². The molecule has 0 spiro atoms. The first-order valence-electron chi connectivity index (χ1n) is 5.86. The average Bonchev–Trinajstić information content (AvgIpc) is 2.29. The Morgan fingerprint density at radius 1 is 1.53 bits per heavy atom. The van der Waals surface area contributed by atoms with Crippen molar-refractivity contribution in [3.05, 3.63) is 35.1 Å². The molecule has 3 nitrogen and oxygen atoms in total. The molecular formula is C13H16FNO2. The van der Waals surface area contributed by atoms with Crippen LogP contribution in [0.2, 0.25) is 0 Å². The molecule has 92 valence electrons. The number of carboxylic acids is 1. The lowest BCUT2D eigenvalue weighted by Gasteiger charge is -2.32. The number of fused-ring (bicyclic) bond motifs is 1. The van der Waals surface area contributed by atoms with Crippen LogP contribution in [0.25, 0.3) is 0 Å². The molecule has 0 aromatic heterocycles. The van der Waals surface area contributed by atoms with Crippen LogP contribution in [0.4, 0.5) is 4.39 Å². The predicted octanol–water partition coefficient (Wildman–Crippen LogP) is 2.05. The lowest BCUT2D eigenvalue weighted by Crippen LogP contribution is -2.43. The van der Waals surface area contributed by atoms with Crippen molar-refractivity contribution in [2.24, 2.45) is 0 Å². The van der Waals surface area contributed by atoms with Crippen LogP contribution < -0.4 is 0 Å². The van der Waals surface area contributed by atoms with E-state index in [1.54, 1.807) is 6.07 Å². The highest BCUT2D eigenvalue weighted by Gasteiger charge is 2.27. The van der Waals surface area contributed by atoms with Crippen molar-refractivity contribution in [3.8, 4) is 0 Å². The molecule has 1 unspecified atom stereocenters. The van der Waals surface area contributed by atoms with Crippen LogP contribution in [-0.2, 0) is 17.8 Å². The van der Waals surface area contributed by atoms with E-state index in [9.17, 15) is 9.18 Å².